The van der Waals surface area contributed by atoms with E-state index in [0.29, 0.717) is 46.9 Å². The monoisotopic (exact) mass is 549 g/mol. The lowest BCUT2D eigenvalue weighted by Gasteiger charge is -2.44. The van der Waals surface area contributed by atoms with E-state index in [1.165, 1.54) is 0 Å². The molecule has 2 aromatic heterocycles. The van der Waals surface area contributed by atoms with Crippen LogP contribution >= 0.6 is 0 Å². The van der Waals surface area contributed by atoms with Gasteiger partial charge in [-0.15, -0.1) is 0 Å². The molecule has 10 nitrogen and oxygen atoms in total. The van der Waals surface area contributed by atoms with Crippen LogP contribution in [0.1, 0.15) is 43.9 Å². The molecule has 1 aliphatic carbocycles. The third-order valence-electron chi connectivity index (χ3n) is 7.75. The van der Waals surface area contributed by atoms with Crippen LogP contribution < -0.4 is 16.4 Å². The number of Topliss-reactive ketones (excluding diaryl/α,β-unsaturated/α-hetero) is 1. The van der Waals surface area contributed by atoms with E-state index in [4.69, 9.17) is 16.6 Å². The highest BCUT2D eigenvalue weighted by atomic mass is 16.3. The van der Waals surface area contributed by atoms with E-state index in [-0.39, 0.29) is 28.3 Å². The topological polar surface area (TPSA) is 145 Å². The molecule has 41 heavy (non-hydrogen) atoms. The fourth-order valence-electron chi connectivity index (χ4n) is 6.09. The zero-order valence-electron chi connectivity index (χ0n) is 23.1. The smallest absolute Gasteiger partial charge is 0.249 e. The number of carbonyl (C=O) groups is 2. The lowest BCUT2D eigenvalue weighted by atomic mass is 9.68. The lowest BCUT2D eigenvalue weighted by molar-refractivity contribution is -0.118. The first-order chi connectivity index (χ1) is 19.6. The van der Waals surface area contributed by atoms with Gasteiger partial charge >= 0.3 is 0 Å². The van der Waals surface area contributed by atoms with Crippen molar-refractivity contribution in [1.82, 2.24) is 19.3 Å². The minimum atomic E-state index is -0.852. The van der Waals surface area contributed by atoms with Gasteiger partial charge in [-0.3, -0.25) is 19.1 Å². The standard InChI is InChI=1S/C31H31N7O3/c1-18-24(30(36-14-13-34-17-36)38(35-18)20-7-5-4-6-8-20)26-25-22(15-31(2,3)16-23(25)40)37(28(32)27(26)29(33)41)19-9-11-21(39)12-10-19/h4-14,17,26,39H,15-16,32H2,1-3H3,(H2,33,41). The first-order valence-electron chi connectivity index (χ1n) is 13.4. The molecule has 3 heterocycles. The van der Waals surface area contributed by atoms with E-state index >= 15 is 0 Å². The number of carbonyl (C=O) groups excluding carboxylic acids is 2. The second-order valence-corrected chi connectivity index (χ2v) is 11.3. The van der Waals surface area contributed by atoms with Gasteiger partial charge in [-0.25, -0.2) is 9.67 Å². The molecule has 0 saturated heterocycles. The number of hydrogen-bond acceptors (Lipinski definition) is 7. The summed E-state index contributed by atoms with van der Waals surface area (Å²) in [7, 11) is 0. The summed E-state index contributed by atoms with van der Waals surface area (Å²) in [4.78, 5) is 33.4. The number of aromatic hydroxyl groups is 1. The SMILES string of the molecule is Cc1nn(-c2ccccc2)c(-n2ccnc2)c1C1C(C(N)=O)=C(N)N(c2ccc(O)cc2)C2=C1C(=O)CC(C)(C)C2. The maximum atomic E-state index is 14.1. The molecule has 10 heteroatoms. The summed E-state index contributed by atoms with van der Waals surface area (Å²) in [6.07, 6.45) is 5.94. The number of phenols is 1. The maximum absolute atomic E-state index is 14.1. The number of allylic oxidation sites excluding steroid dienone is 2. The van der Waals surface area contributed by atoms with Gasteiger partial charge in [0.2, 0.25) is 5.91 Å². The molecule has 1 unspecified atom stereocenters. The van der Waals surface area contributed by atoms with Crippen LogP contribution in [0.3, 0.4) is 0 Å². The highest BCUT2D eigenvalue weighted by molar-refractivity contribution is 6.06. The van der Waals surface area contributed by atoms with Crippen molar-refractivity contribution < 1.29 is 14.7 Å². The van der Waals surface area contributed by atoms with E-state index in [1.54, 1.807) is 52.6 Å². The first kappa shape index (κ1) is 26.1. The Kier molecular flexibility index (Phi) is 6.06. The minimum absolute atomic E-state index is 0.0836. The van der Waals surface area contributed by atoms with Gasteiger partial charge in [0.1, 0.15) is 23.7 Å². The van der Waals surface area contributed by atoms with Crippen molar-refractivity contribution in [1.29, 1.82) is 0 Å². The number of hydrogen-bond donors (Lipinski definition) is 3. The maximum Gasteiger partial charge on any atom is 0.249 e. The Hall–Kier alpha value is -5.12. The van der Waals surface area contributed by atoms with Gasteiger partial charge in [0.15, 0.2) is 5.78 Å². The third-order valence-corrected chi connectivity index (χ3v) is 7.75. The van der Waals surface area contributed by atoms with Gasteiger partial charge in [-0.1, -0.05) is 32.0 Å². The molecular weight excluding hydrogens is 518 g/mol. The number of benzene rings is 2. The molecule has 2 aliphatic rings. The van der Waals surface area contributed by atoms with Crippen molar-refractivity contribution in [3.05, 3.63) is 107 Å². The molecule has 0 radical (unpaired) electrons. The van der Waals surface area contributed by atoms with Crippen LogP contribution in [0.15, 0.2) is 96.0 Å². The highest BCUT2D eigenvalue weighted by Gasteiger charge is 2.47. The van der Waals surface area contributed by atoms with Gasteiger partial charge in [0.05, 0.1) is 22.9 Å². The van der Waals surface area contributed by atoms with Crippen LogP contribution in [0.4, 0.5) is 5.69 Å². The Bertz CT molecular complexity index is 1730. The molecule has 0 bridgehead atoms. The van der Waals surface area contributed by atoms with Crippen molar-refractivity contribution in [3.8, 4) is 17.3 Å². The summed E-state index contributed by atoms with van der Waals surface area (Å²) in [5.74, 6) is -0.811. The minimum Gasteiger partial charge on any atom is -0.508 e. The number of aromatic nitrogens is 4. The summed E-state index contributed by atoms with van der Waals surface area (Å²) in [5.41, 5.74) is 16.6. The summed E-state index contributed by atoms with van der Waals surface area (Å²) in [6.45, 7) is 5.93. The van der Waals surface area contributed by atoms with E-state index in [2.05, 4.69) is 4.98 Å². The van der Waals surface area contributed by atoms with Crippen molar-refractivity contribution in [2.45, 2.75) is 39.5 Å². The molecule has 1 amide bonds. The first-order valence-corrected chi connectivity index (χ1v) is 13.4. The number of rotatable bonds is 5. The molecule has 5 N–H and O–H groups in total. The van der Waals surface area contributed by atoms with Crippen molar-refractivity contribution >= 4 is 17.4 Å². The zero-order chi connectivity index (χ0) is 29.1. The largest absolute Gasteiger partial charge is 0.508 e. The molecule has 6 rings (SSSR count). The second kappa shape index (κ2) is 9.51. The van der Waals surface area contributed by atoms with Crippen LogP contribution in [-0.4, -0.2) is 36.1 Å². The number of amides is 1. The van der Waals surface area contributed by atoms with Crippen LogP contribution in [0.5, 0.6) is 5.75 Å². The van der Waals surface area contributed by atoms with Gasteiger partial charge in [-0.05, 0) is 55.2 Å². The predicted octanol–water partition coefficient (Wildman–Crippen LogP) is 3.97. The fraction of sp³-hybridized carbons (Fsp3) is 0.226. The number of nitrogens with two attached hydrogens (primary N) is 2. The number of primary amides is 1. The molecule has 0 saturated carbocycles. The molecule has 4 aromatic rings. The normalized spacial score (nSPS) is 18.6. The molecule has 0 fully saturated rings. The Balaban J connectivity index is 1.69. The van der Waals surface area contributed by atoms with Crippen molar-refractivity contribution in [3.63, 3.8) is 0 Å². The molecule has 1 atom stereocenters. The average molecular weight is 550 g/mol. The number of phenolic OH excluding ortho intramolecular Hbond substituents is 1. The summed E-state index contributed by atoms with van der Waals surface area (Å²) >= 11 is 0. The number of nitrogens with zero attached hydrogens (tertiary/aromatic N) is 5. The third kappa shape index (κ3) is 4.28. The van der Waals surface area contributed by atoms with E-state index in [1.807, 2.05) is 55.7 Å². The van der Waals surface area contributed by atoms with Gasteiger partial charge in [0, 0.05) is 41.3 Å². The van der Waals surface area contributed by atoms with Crippen LogP contribution in [0.25, 0.3) is 11.5 Å². The van der Waals surface area contributed by atoms with E-state index in [0.717, 1.165) is 5.69 Å². The van der Waals surface area contributed by atoms with Gasteiger partial charge in [0.25, 0.3) is 0 Å². The number of aryl methyl sites for hydroxylation is 1. The number of ketones is 1. The quantitative estimate of drug-likeness (QED) is 0.341. The summed E-state index contributed by atoms with van der Waals surface area (Å²) in [5, 5.41) is 14.8. The van der Waals surface area contributed by atoms with Gasteiger partial charge < -0.3 is 16.6 Å². The Labute approximate surface area is 237 Å². The average Bonchev–Trinajstić information content (AvgIpc) is 3.56. The Morgan fingerprint density at radius 3 is 2.39 bits per heavy atom. The predicted molar refractivity (Wildman–Crippen MR) is 154 cm³/mol. The summed E-state index contributed by atoms with van der Waals surface area (Å²) in [6, 6.07) is 16.1. The van der Waals surface area contributed by atoms with Gasteiger partial charge in [-0.2, -0.15) is 5.10 Å². The lowest BCUT2D eigenvalue weighted by Crippen LogP contribution is -2.44. The second-order valence-electron chi connectivity index (χ2n) is 11.3. The molecule has 1 aliphatic heterocycles. The summed E-state index contributed by atoms with van der Waals surface area (Å²) < 4.78 is 3.60. The van der Waals surface area contributed by atoms with Crippen molar-refractivity contribution in [2.75, 3.05) is 4.90 Å². The van der Waals surface area contributed by atoms with E-state index < -0.39 is 11.8 Å². The Morgan fingerprint density at radius 2 is 1.76 bits per heavy atom. The number of para-hydroxylation sites is 1. The molecule has 0 spiro atoms. The number of anilines is 1. The van der Waals surface area contributed by atoms with Crippen molar-refractivity contribution in [2.24, 2.45) is 16.9 Å². The fourth-order valence-corrected chi connectivity index (χ4v) is 6.09. The Morgan fingerprint density at radius 1 is 1.05 bits per heavy atom. The molecule has 208 valence electrons. The molecule has 2 aromatic carbocycles. The van der Waals surface area contributed by atoms with Crippen LogP contribution in [0, 0.1) is 12.3 Å². The number of imidazole rings is 1. The zero-order valence-corrected chi connectivity index (χ0v) is 23.1. The highest BCUT2D eigenvalue weighted by Crippen LogP contribution is 2.51. The van der Waals surface area contributed by atoms with Crippen LogP contribution in [-0.2, 0) is 9.59 Å². The van der Waals surface area contributed by atoms with Crippen LogP contribution in [0.2, 0.25) is 0 Å². The molecular formula is C31H31N7O3. The van der Waals surface area contributed by atoms with E-state index in [9.17, 15) is 14.7 Å².